The topological polar surface area (TPSA) is 81.4 Å². The molecule has 0 heterocycles. The molecule has 0 aliphatic rings. The molecule has 0 saturated carbocycles. The molecular weight excluding hydrogens is 292 g/mol. The first kappa shape index (κ1) is 16.8. The van der Waals surface area contributed by atoms with Gasteiger partial charge in [0.1, 0.15) is 6.04 Å². The number of nitrogen functional groups attached to an aromatic ring is 1. The summed E-state index contributed by atoms with van der Waals surface area (Å²) in [6, 6.07) is 10.2. The van der Waals surface area contributed by atoms with Gasteiger partial charge >= 0.3 is 5.97 Å². The van der Waals surface area contributed by atoms with Crippen LogP contribution in [0.3, 0.4) is 0 Å². The molecule has 0 bridgehead atoms. The third-order valence-electron chi connectivity index (χ3n) is 3.70. The zero-order chi connectivity index (χ0) is 17.0. The molecular formula is C18H22N2O3. The summed E-state index contributed by atoms with van der Waals surface area (Å²) in [7, 11) is 1.32. The first-order valence-electron chi connectivity index (χ1n) is 7.60. The van der Waals surface area contributed by atoms with Crippen molar-refractivity contribution in [3.05, 3.63) is 42.0 Å². The van der Waals surface area contributed by atoms with Gasteiger partial charge in [-0.25, -0.2) is 4.79 Å². The number of carbonyl (C=O) groups is 2. The number of benzene rings is 2. The summed E-state index contributed by atoms with van der Waals surface area (Å²) in [4.78, 5) is 24.5. The lowest BCUT2D eigenvalue weighted by Crippen LogP contribution is -2.42. The third kappa shape index (κ3) is 3.80. The highest BCUT2D eigenvalue weighted by atomic mass is 16.5. The summed E-state index contributed by atoms with van der Waals surface area (Å²) in [5.41, 5.74) is 7.06. The average Bonchev–Trinajstić information content (AvgIpc) is 2.53. The smallest absolute Gasteiger partial charge is 0.328 e. The molecule has 0 aliphatic heterocycles. The van der Waals surface area contributed by atoms with Gasteiger partial charge in [0, 0.05) is 16.6 Å². The highest BCUT2D eigenvalue weighted by molar-refractivity contribution is 6.10. The summed E-state index contributed by atoms with van der Waals surface area (Å²) in [5, 5.41) is 4.35. The van der Waals surface area contributed by atoms with Crippen LogP contribution in [-0.4, -0.2) is 25.0 Å². The average molecular weight is 314 g/mol. The van der Waals surface area contributed by atoms with Gasteiger partial charge < -0.3 is 15.8 Å². The van der Waals surface area contributed by atoms with Crippen molar-refractivity contribution in [2.24, 2.45) is 5.92 Å². The Labute approximate surface area is 135 Å². The van der Waals surface area contributed by atoms with Gasteiger partial charge in [0.05, 0.1) is 7.11 Å². The quantitative estimate of drug-likeness (QED) is 0.657. The second kappa shape index (κ2) is 7.13. The fourth-order valence-electron chi connectivity index (χ4n) is 2.58. The Balaban J connectivity index is 2.33. The Hall–Kier alpha value is -2.56. The summed E-state index contributed by atoms with van der Waals surface area (Å²) >= 11 is 0. The van der Waals surface area contributed by atoms with E-state index >= 15 is 0 Å². The number of ether oxygens (including phenoxy) is 1. The van der Waals surface area contributed by atoms with Gasteiger partial charge in [-0.2, -0.15) is 0 Å². The van der Waals surface area contributed by atoms with Crippen molar-refractivity contribution in [1.82, 2.24) is 5.32 Å². The van der Waals surface area contributed by atoms with E-state index in [0.29, 0.717) is 17.7 Å². The van der Waals surface area contributed by atoms with Crippen molar-refractivity contribution in [2.45, 2.75) is 26.3 Å². The van der Waals surface area contributed by atoms with Gasteiger partial charge in [0.2, 0.25) is 0 Å². The lowest BCUT2D eigenvalue weighted by Gasteiger charge is -2.19. The molecule has 1 atom stereocenters. The minimum atomic E-state index is -0.663. The van der Waals surface area contributed by atoms with Gasteiger partial charge in [0.15, 0.2) is 0 Å². The van der Waals surface area contributed by atoms with Crippen LogP contribution < -0.4 is 11.1 Å². The summed E-state index contributed by atoms with van der Waals surface area (Å²) in [6.45, 7) is 3.97. The van der Waals surface area contributed by atoms with Crippen LogP contribution in [0, 0.1) is 5.92 Å². The predicted octanol–water partition coefficient (Wildman–Crippen LogP) is 2.74. The number of carbonyl (C=O) groups excluding carboxylic acids is 2. The first-order valence-corrected chi connectivity index (χ1v) is 7.60. The highest BCUT2D eigenvalue weighted by Gasteiger charge is 2.24. The molecule has 122 valence electrons. The molecule has 0 saturated heterocycles. The van der Waals surface area contributed by atoms with Crippen LogP contribution >= 0.6 is 0 Å². The molecule has 2 rings (SSSR count). The number of methoxy groups -OCH3 is 1. The van der Waals surface area contributed by atoms with Crippen molar-refractivity contribution in [3.8, 4) is 0 Å². The van der Waals surface area contributed by atoms with Gasteiger partial charge in [-0.15, -0.1) is 0 Å². The maximum atomic E-state index is 12.6. The molecule has 5 heteroatoms. The Morgan fingerprint density at radius 1 is 1.13 bits per heavy atom. The van der Waals surface area contributed by atoms with E-state index in [4.69, 9.17) is 10.5 Å². The van der Waals surface area contributed by atoms with E-state index in [-0.39, 0.29) is 11.8 Å². The second-order valence-electron chi connectivity index (χ2n) is 5.93. The van der Waals surface area contributed by atoms with Crippen LogP contribution in [0.5, 0.6) is 0 Å². The zero-order valence-corrected chi connectivity index (χ0v) is 13.6. The summed E-state index contributed by atoms with van der Waals surface area (Å²) < 4.78 is 4.78. The molecule has 23 heavy (non-hydrogen) atoms. The molecule has 0 aromatic heterocycles. The van der Waals surface area contributed by atoms with E-state index in [1.54, 1.807) is 12.1 Å². The van der Waals surface area contributed by atoms with E-state index in [0.717, 1.165) is 10.8 Å². The van der Waals surface area contributed by atoms with Crippen LogP contribution in [0.2, 0.25) is 0 Å². The summed E-state index contributed by atoms with van der Waals surface area (Å²) in [6.07, 6.45) is 0.519. The van der Waals surface area contributed by atoms with Crippen LogP contribution in [0.15, 0.2) is 36.4 Å². The first-order chi connectivity index (χ1) is 10.9. The predicted molar refractivity (Wildman–Crippen MR) is 91.1 cm³/mol. The van der Waals surface area contributed by atoms with Crippen LogP contribution in [-0.2, 0) is 9.53 Å². The van der Waals surface area contributed by atoms with E-state index in [1.165, 1.54) is 7.11 Å². The molecule has 2 aromatic carbocycles. The monoisotopic (exact) mass is 314 g/mol. The number of esters is 1. The standard InChI is InChI=1S/C18H22N2O3/c1-11(2)10-16(18(22)23-3)20-17(21)14-8-9-15(19)13-7-5-4-6-12(13)14/h4-9,11,16H,10,19H2,1-3H3,(H,20,21)/t16-/m0/s1. The minimum absolute atomic E-state index is 0.252. The molecule has 0 spiro atoms. The Morgan fingerprint density at radius 3 is 2.39 bits per heavy atom. The number of nitrogens with one attached hydrogen (secondary N) is 1. The number of hydrogen-bond donors (Lipinski definition) is 2. The molecule has 0 radical (unpaired) electrons. The van der Waals surface area contributed by atoms with Crippen molar-refractivity contribution in [1.29, 1.82) is 0 Å². The number of rotatable bonds is 5. The van der Waals surface area contributed by atoms with Crippen LogP contribution in [0.4, 0.5) is 5.69 Å². The number of anilines is 1. The molecule has 2 aromatic rings. The van der Waals surface area contributed by atoms with Gasteiger partial charge in [0.25, 0.3) is 5.91 Å². The number of amides is 1. The van der Waals surface area contributed by atoms with Crippen molar-refractivity contribution >= 4 is 28.3 Å². The van der Waals surface area contributed by atoms with Crippen LogP contribution in [0.1, 0.15) is 30.6 Å². The minimum Gasteiger partial charge on any atom is -0.467 e. The zero-order valence-electron chi connectivity index (χ0n) is 13.6. The Bertz CT molecular complexity index is 725. The fourth-order valence-corrected chi connectivity index (χ4v) is 2.58. The molecule has 1 amide bonds. The van der Waals surface area contributed by atoms with Gasteiger partial charge in [-0.05, 0) is 29.9 Å². The van der Waals surface area contributed by atoms with Gasteiger partial charge in [-0.1, -0.05) is 38.1 Å². The normalized spacial score (nSPS) is 12.2. The summed E-state index contributed by atoms with van der Waals surface area (Å²) in [5.74, 6) is -0.494. The van der Waals surface area contributed by atoms with Crippen molar-refractivity contribution < 1.29 is 14.3 Å². The van der Waals surface area contributed by atoms with E-state index in [9.17, 15) is 9.59 Å². The second-order valence-corrected chi connectivity index (χ2v) is 5.93. The molecule has 0 fully saturated rings. The lowest BCUT2D eigenvalue weighted by atomic mass is 10.0. The maximum Gasteiger partial charge on any atom is 0.328 e. The largest absolute Gasteiger partial charge is 0.467 e. The molecule has 0 unspecified atom stereocenters. The molecule has 5 nitrogen and oxygen atoms in total. The third-order valence-corrected chi connectivity index (χ3v) is 3.70. The lowest BCUT2D eigenvalue weighted by molar-refractivity contribution is -0.143. The maximum absolute atomic E-state index is 12.6. The SMILES string of the molecule is COC(=O)[C@H](CC(C)C)NC(=O)c1ccc(N)c2ccccc12. The Morgan fingerprint density at radius 2 is 1.78 bits per heavy atom. The number of fused-ring (bicyclic) bond motifs is 1. The van der Waals surface area contributed by atoms with Gasteiger partial charge in [-0.3, -0.25) is 4.79 Å². The van der Waals surface area contributed by atoms with E-state index < -0.39 is 12.0 Å². The van der Waals surface area contributed by atoms with E-state index in [1.807, 2.05) is 38.1 Å². The fraction of sp³-hybridized carbons (Fsp3) is 0.333. The molecule has 0 aliphatic carbocycles. The van der Waals surface area contributed by atoms with E-state index in [2.05, 4.69) is 5.32 Å². The van der Waals surface area contributed by atoms with Crippen molar-refractivity contribution in [3.63, 3.8) is 0 Å². The van der Waals surface area contributed by atoms with Crippen LogP contribution in [0.25, 0.3) is 10.8 Å². The molecule has 3 N–H and O–H groups in total. The highest BCUT2D eigenvalue weighted by Crippen LogP contribution is 2.24. The van der Waals surface area contributed by atoms with Crippen molar-refractivity contribution in [2.75, 3.05) is 12.8 Å². The number of hydrogen-bond acceptors (Lipinski definition) is 4. The number of nitrogens with two attached hydrogens (primary N) is 1. The Kier molecular flexibility index (Phi) is 5.21.